The Bertz CT molecular complexity index is 307. The summed E-state index contributed by atoms with van der Waals surface area (Å²) in [7, 11) is 0. The van der Waals surface area contributed by atoms with E-state index < -0.39 is 0 Å². The molecule has 2 rings (SSSR count). The first kappa shape index (κ1) is 11.1. The van der Waals surface area contributed by atoms with E-state index in [1.165, 1.54) is 9.75 Å². The molecule has 4 heteroatoms. The Labute approximate surface area is 94.8 Å². The molecule has 0 spiro atoms. The molecule has 3 nitrogen and oxygen atoms in total. The van der Waals surface area contributed by atoms with Crippen LogP contribution in [0.5, 0.6) is 0 Å². The first-order valence-electron chi connectivity index (χ1n) is 5.39. The van der Waals surface area contributed by atoms with E-state index in [-0.39, 0.29) is 0 Å². The monoisotopic (exact) mass is 226 g/mol. The van der Waals surface area contributed by atoms with Crippen molar-refractivity contribution in [1.29, 1.82) is 0 Å². The Morgan fingerprint density at radius 1 is 1.47 bits per heavy atom. The SMILES string of the molecule is Cc1ccc([C@@H](CN)N2CCOCC2)s1. The molecule has 0 aliphatic carbocycles. The van der Waals surface area contributed by atoms with E-state index in [0.717, 1.165) is 26.3 Å². The van der Waals surface area contributed by atoms with E-state index in [1.54, 1.807) is 0 Å². The average Bonchev–Trinajstić information content (AvgIpc) is 2.68. The summed E-state index contributed by atoms with van der Waals surface area (Å²) in [5, 5.41) is 0. The highest BCUT2D eigenvalue weighted by molar-refractivity contribution is 7.12. The molecule has 1 aliphatic rings. The summed E-state index contributed by atoms with van der Waals surface area (Å²) in [4.78, 5) is 5.17. The van der Waals surface area contributed by atoms with Crippen molar-refractivity contribution in [2.45, 2.75) is 13.0 Å². The van der Waals surface area contributed by atoms with E-state index in [0.29, 0.717) is 12.6 Å². The molecule has 84 valence electrons. The topological polar surface area (TPSA) is 38.5 Å². The van der Waals surface area contributed by atoms with Gasteiger partial charge in [0.25, 0.3) is 0 Å². The first-order chi connectivity index (χ1) is 7.31. The maximum Gasteiger partial charge on any atom is 0.0594 e. The normalized spacial score (nSPS) is 20.4. The van der Waals surface area contributed by atoms with Crippen LogP contribution in [0.4, 0.5) is 0 Å². The van der Waals surface area contributed by atoms with Crippen LogP contribution in [-0.4, -0.2) is 37.7 Å². The van der Waals surface area contributed by atoms with Gasteiger partial charge < -0.3 is 10.5 Å². The molecule has 0 radical (unpaired) electrons. The Hall–Kier alpha value is -0.420. The molecule has 0 unspecified atom stereocenters. The van der Waals surface area contributed by atoms with Gasteiger partial charge in [0.1, 0.15) is 0 Å². The van der Waals surface area contributed by atoms with Gasteiger partial charge in [-0.1, -0.05) is 0 Å². The van der Waals surface area contributed by atoms with Crippen LogP contribution in [0.2, 0.25) is 0 Å². The van der Waals surface area contributed by atoms with Crippen molar-refractivity contribution < 1.29 is 4.74 Å². The maximum absolute atomic E-state index is 5.87. The van der Waals surface area contributed by atoms with Crippen LogP contribution >= 0.6 is 11.3 Å². The number of nitrogens with zero attached hydrogens (tertiary/aromatic N) is 1. The van der Waals surface area contributed by atoms with Crippen molar-refractivity contribution in [1.82, 2.24) is 4.90 Å². The number of thiophene rings is 1. The van der Waals surface area contributed by atoms with Crippen molar-refractivity contribution >= 4 is 11.3 Å². The molecule has 1 aliphatic heterocycles. The van der Waals surface area contributed by atoms with Gasteiger partial charge in [-0.2, -0.15) is 0 Å². The van der Waals surface area contributed by atoms with Crippen molar-refractivity contribution in [2.75, 3.05) is 32.8 Å². The van der Waals surface area contributed by atoms with Gasteiger partial charge in [-0.05, 0) is 19.1 Å². The summed E-state index contributed by atoms with van der Waals surface area (Å²) in [6.45, 7) is 6.50. The van der Waals surface area contributed by atoms with Crippen LogP contribution in [0.15, 0.2) is 12.1 Å². The van der Waals surface area contributed by atoms with Gasteiger partial charge in [-0.3, -0.25) is 4.90 Å². The molecule has 0 bridgehead atoms. The summed E-state index contributed by atoms with van der Waals surface area (Å²) in [6.07, 6.45) is 0. The summed E-state index contributed by atoms with van der Waals surface area (Å²) < 4.78 is 5.36. The summed E-state index contributed by atoms with van der Waals surface area (Å²) in [6, 6.07) is 4.75. The summed E-state index contributed by atoms with van der Waals surface area (Å²) in [5.74, 6) is 0. The number of rotatable bonds is 3. The third-order valence-corrected chi connectivity index (χ3v) is 3.90. The Balaban J connectivity index is 2.08. The predicted octanol–water partition coefficient (Wildman–Crippen LogP) is 1.39. The zero-order chi connectivity index (χ0) is 10.7. The van der Waals surface area contributed by atoms with E-state index in [4.69, 9.17) is 10.5 Å². The van der Waals surface area contributed by atoms with Gasteiger partial charge in [-0.15, -0.1) is 11.3 Å². The third kappa shape index (κ3) is 2.58. The lowest BCUT2D eigenvalue weighted by Gasteiger charge is -2.33. The fourth-order valence-corrected chi connectivity index (χ4v) is 2.99. The third-order valence-electron chi connectivity index (χ3n) is 2.80. The number of morpholine rings is 1. The minimum Gasteiger partial charge on any atom is -0.379 e. The van der Waals surface area contributed by atoms with Gasteiger partial charge in [0, 0.05) is 29.4 Å². The van der Waals surface area contributed by atoms with Crippen LogP contribution in [-0.2, 0) is 4.74 Å². The average molecular weight is 226 g/mol. The second-order valence-corrected chi connectivity index (χ2v) is 5.17. The van der Waals surface area contributed by atoms with Crippen LogP contribution in [0.25, 0.3) is 0 Å². The van der Waals surface area contributed by atoms with Gasteiger partial charge in [-0.25, -0.2) is 0 Å². The standard InChI is InChI=1S/C11H18N2OS/c1-9-2-3-11(15-9)10(8-12)13-4-6-14-7-5-13/h2-3,10H,4-8,12H2,1H3/t10-/m1/s1. The highest BCUT2D eigenvalue weighted by atomic mass is 32.1. The van der Waals surface area contributed by atoms with E-state index in [9.17, 15) is 0 Å². The van der Waals surface area contributed by atoms with Crippen molar-refractivity contribution in [2.24, 2.45) is 5.73 Å². The van der Waals surface area contributed by atoms with Gasteiger partial charge >= 0.3 is 0 Å². The molecule has 1 atom stereocenters. The van der Waals surface area contributed by atoms with Gasteiger partial charge in [0.2, 0.25) is 0 Å². The fourth-order valence-electron chi connectivity index (χ4n) is 1.97. The van der Waals surface area contributed by atoms with Crippen molar-refractivity contribution in [3.8, 4) is 0 Å². The molecule has 0 saturated carbocycles. The van der Waals surface area contributed by atoms with Crippen LogP contribution in [0.1, 0.15) is 15.8 Å². The number of aryl methyl sites for hydroxylation is 1. The lowest BCUT2D eigenvalue weighted by atomic mass is 10.2. The molecule has 1 aromatic rings. The molecule has 1 fully saturated rings. The molecule has 2 N–H and O–H groups in total. The molecule has 0 aromatic carbocycles. The highest BCUT2D eigenvalue weighted by Crippen LogP contribution is 2.27. The molecule has 2 heterocycles. The van der Waals surface area contributed by atoms with Crippen LogP contribution in [0, 0.1) is 6.92 Å². The lowest BCUT2D eigenvalue weighted by Crippen LogP contribution is -2.41. The Kier molecular flexibility index (Phi) is 3.75. The molecule has 15 heavy (non-hydrogen) atoms. The summed E-state index contributed by atoms with van der Waals surface area (Å²) >= 11 is 1.85. The minimum absolute atomic E-state index is 0.382. The van der Waals surface area contributed by atoms with Crippen LogP contribution < -0.4 is 5.73 Å². The first-order valence-corrected chi connectivity index (χ1v) is 6.21. The smallest absolute Gasteiger partial charge is 0.0594 e. The highest BCUT2D eigenvalue weighted by Gasteiger charge is 2.22. The Morgan fingerprint density at radius 2 is 2.20 bits per heavy atom. The van der Waals surface area contributed by atoms with E-state index in [2.05, 4.69) is 24.0 Å². The van der Waals surface area contributed by atoms with Crippen LogP contribution in [0.3, 0.4) is 0 Å². The lowest BCUT2D eigenvalue weighted by molar-refractivity contribution is 0.0186. The fraction of sp³-hybridized carbons (Fsp3) is 0.636. The number of hydrogen-bond acceptors (Lipinski definition) is 4. The van der Waals surface area contributed by atoms with E-state index >= 15 is 0 Å². The molecule has 1 saturated heterocycles. The number of hydrogen-bond donors (Lipinski definition) is 1. The number of nitrogens with two attached hydrogens (primary N) is 1. The van der Waals surface area contributed by atoms with Crippen molar-refractivity contribution in [3.63, 3.8) is 0 Å². The number of ether oxygens (including phenoxy) is 1. The zero-order valence-electron chi connectivity index (χ0n) is 9.11. The largest absolute Gasteiger partial charge is 0.379 e. The Morgan fingerprint density at radius 3 is 2.73 bits per heavy atom. The van der Waals surface area contributed by atoms with Gasteiger partial charge in [0.15, 0.2) is 0 Å². The second kappa shape index (κ2) is 5.07. The minimum atomic E-state index is 0.382. The predicted molar refractivity (Wildman–Crippen MR) is 63.2 cm³/mol. The molecular weight excluding hydrogens is 208 g/mol. The molecule has 0 amide bonds. The zero-order valence-corrected chi connectivity index (χ0v) is 9.93. The maximum atomic E-state index is 5.87. The quantitative estimate of drug-likeness (QED) is 0.846. The summed E-state index contributed by atoms with van der Waals surface area (Å²) in [5.41, 5.74) is 5.87. The van der Waals surface area contributed by atoms with Gasteiger partial charge in [0.05, 0.1) is 19.3 Å². The molecular formula is C11H18N2OS. The van der Waals surface area contributed by atoms with Crippen molar-refractivity contribution in [3.05, 3.63) is 21.9 Å². The van der Waals surface area contributed by atoms with E-state index in [1.807, 2.05) is 11.3 Å². The molecule has 1 aromatic heterocycles. The second-order valence-electron chi connectivity index (χ2n) is 3.85.